The van der Waals surface area contributed by atoms with Gasteiger partial charge in [-0.3, -0.25) is 4.79 Å². The molecular formula is C29H31FN4O3. The van der Waals surface area contributed by atoms with E-state index in [2.05, 4.69) is 10.3 Å². The van der Waals surface area contributed by atoms with Gasteiger partial charge >= 0.3 is 6.03 Å². The number of aromatic amines is 1. The number of halogens is 1. The summed E-state index contributed by atoms with van der Waals surface area (Å²) < 4.78 is 18.6. The van der Waals surface area contributed by atoms with Gasteiger partial charge in [-0.15, -0.1) is 0 Å². The van der Waals surface area contributed by atoms with Crippen molar-refractivity contribution in [2.75, 3.05) is 38.7 Å². The highest BCUT2D eigenvalue weighted by atomic mass is 19.1. The molecule has 0 saturated heterocycles. The van der Waals surface area contributed by atoms with Crippen LogP contribution in [0.2, 0.25) is 0 Å². The summed E-state index contributed by atoms with van der Waals surface area (Å²) in [5.41, 5.74) is 3.60. The van der Waals surface area contributed by atoms with Gasteiger partial charge in [0.1, 0.15) is 12.4 Å². The Morgan fingerprint density at radius 2 is 1.65 bits per heavy atom. The lowest BCUT2D eigenvalue weighted by Crippen LogP contribution is -2.46. The number of nitrogens with zero attached hydrogens (tertiary/aromatic N) is 2. The lowest BCUT2D eigenvalue weighted by Gasteiger charge is -2.28. The Balaban J connectivity index is 1.50. The SMILES string of the molecule is COCCN(CC(=O)N(CCc1c[nH]c2ccccc12)Cc1ccc(F)cc1)C(=O)Nc1ccccc1. The van der Waals surface area contributed by atoms with Gasteiger partial charge in [-0.1, -0.05) is 48.5 Å². The number of urea groups is 1. The second-order valence-corrected chi connectivity index (χ2v) is 8.76. The number of aromatic nitrogens is 1. The first-order chi connectivity index (χ1) is 18.0. The van der Waals surface area contributed by atoms with Crippen molar-refractivity contribution in [1.29, 1.82) is 0 Å². The zero-order valence-electron chi connectivity index (χ0n) is 20.8. The zero-order valence-corrected chi connectivity index (χ0v) is 20.8. The van der Waals surface area contributed by atoms with Crippen molar-refractivity contribution >= 4 is 28.5 Å². The van der Waals surface area contributed by atoms with E-state index in [-0.39, 0.29) is 30.8 Å². The molecule has 0 spiro atoms. The third-order valence-corrected chi connectivity index (χ3v) is 6.17. The lowest BCUT2D eigenvalue weighted by molar-refractivity contribution is -0.132. The Kier molecular flexibility index (Phi) is 8.89. The van der Waals surface area contributed by atoms with Crippen molar-refractivity contribution < 1.29 is 18.7 Å². The summed E-state index contributed by atoms with van der Waals surface area (Å²) >= 11 is 0. The van der Waals surface area contributed by atoms with Crippen LogP contribution in [0.5, 0.6) is 0 Å². The molecule has 0 aliphatic heterocycles. The number of carbonyl (C=O) groups excluding carboxylic acids is 2. The van der Waals surface area contributed by atoms with Gasteiger partial charge in [0.15, 0.2) is 0 Å². The molecule has 3 aromatic carbocycles. The molecule has 0 unspecified atom stereocenters. The summed E-state index contributed by atoms with van der Waals surface area (Å²) in [6.45, 7) is 1.18. The number of nitrogens with one attached hydrogen (secondary N) is 2. The number of hydrogen-bond acceptors (Lipinski definition) is 3. The normalized spacial score (nSPS) is 10.9. The number of carbonyl (C=O) groups is 2. The standard InChI is InChI=1S/C29H31FN4O3/c1-37-18-17-34(29(36)32-25-7-3-2-4-8-25)21-28(35)33(20-22-11-13-24(30)14-12-22)16-15-23-19-31-27-10-6-5-9-26(23)27/h2-14,19,31H,15-18,20-21H2,1H3,(H,32,36). The Bertz CT molecular complexity index is 1310. The van der Waals surface area contributed by atoms with Gasteiger partial charge in [0.25, 0.3) is 0 Å². The van der Waals surface area contributed by atoms with E-state index in [1.807, 2.05) is 48.7 Å². The van der Waals surface area contributed by atoms with Crippen LogP contribution in [0.1, 0.15) is 11.1 Å². The number of anilines is 1. The number of methoxy groups -OCH3 is 1. The van der Waals surface area contributed by atoms with Gasteiger partial charge in [0, 0.05) is 49.5 Å². The van der Waals surface area contributed by atoms with E-state index in [0.29, 0.717) is 31.8 Å². The van der Waals surface area contributed by atoms with Crippen LogP contribution in [-0.2, 0) is 22.5 Å². The highest BCUT2D eigenvalue weighted by molar-refractivity contribution is 5.92. The van der Waals surface area contributed by atoms with Crippen molar-refractivity contribution in [1.82, 2.24) is 14.8 Å². The van der Waals surface area contributed by atoms with Crippen molar-refractivity contribution in [3.05, 3.63) is 102 Å². The summed E-state index contributed by atoms with van der Waals surface area (Å²) in [5, 5.41) is 3.95. The van der Waals surface area contributed by atoms with Crippen LogP contribution in [0.25, 0.3) is 10.9 Å². The van der Waals surface area contributed by atoms with Crippen molar-refractivity contribution in [3.8, 4) is 0 Å². The number of rotatable bonds is 11. The van der Waals surface area contributed by atoms with E-state index >= 15 is 0 Å². The average molecular weight is 503 g/mol. The molecule has 1 aromatic heterocycles. The van der Waals surface area contributed by atoms with Gasteiger partial charge in [-0.05, 0) is 47.9 Å². The molecule has 2 N–H and O–H groups in total. The number of benzene rings is 3. The van der Waals surface area contributed by atoms with E-state index in [9.17, 15) is 14.0 Å². The molecule has 192 valence electrons. The summed E-state index contributed by atoms with van der Waals surface area (Å²) in [7, 11) is 1.55. The van der Waals surface area contributed by atoms with Crippen molar-refractivity contribution in [3.63, 3.8) is 0 Å². The first-order valence-electron chi connectivity index (χ1n) is 12.2. The van der Waals surface area contributed by atoms with Gasteiger partial charge in [-0.2, -0.15) is 0 Å². The minimum atomic E-state index is -0.380. The predicted molar refractivity (Wildman–Crippen MR) is 143 cm³/mol. The van der Waals surface area contributed by atoms with E-state index in [4.69, 9.17) is 4.74 Å². The maximum atomic E-state index is 13.5. The highest BCUT2D eigenvalue weighted by Gasteiger charge is 2.22. The molecule has 4 aromatic rings. The van der Waals surface area contributed by atoms with Gasteiger partial charge in [-0.25, -0.2) is 9.18 Å². The van der Waals surface area contributed by atoms with Crippen molar-refractivity contribution in [2.24, 2.45) is 0 Å². The fraction of sp³-hybridized carbons (Fsp3) is 0.241. The molecule has 0 fully saturated rings. The van der Waals surface area contributed by atoms with Crippen LogP contribution in [-0.4, -0.2) is 60.1 Å². The van der Waals surface area contributed by atoms with Gasteiger partial charge in [0.2, 0.25) is 5.91 Å². The monoisotopic (exact) mass is 502 g/mol. The molecule has 0 radical (unpaired) electrons. The molecule has 7 nitrogen and oxygen atoms in total. The second-order valence-electron chi connectivity index (χ2n) is 8.76. The smallest absolute Gasteiger partial charge is 0.322 e. The summed E-state index contributed by atoms with van der Waals surface area (Å²) in [6, 6.07) is 22.9. The van der Waals surface area contributed by atoms with Gasteiger partial charge in [0.05, 0.1) is 6.61 Å². The first-order valence-corrected chi connectivity index (χ1v) is 12.2. The molecule has 0 aliphatic carbocycles. The Hall–Kier alpha value is -4.17. The Morgan fingerprint density at radius 1 is 0.919 bits per heavy atom. The molecular weight excluding hydrogens is 471 g/mol. The van der Waals surface area contributed by atoms with E-state index in [1.54, 1.807) is 36.3 Å². The average Bonchev–Trinajstić information content (AvgIpc) is 3.33. The molecule has 0 bridgehead atoms. The third-order valence-electron chi connectivity index (χ3n) is 6.17. The fourth-order valence-electron chi connectivity index (χ4n) is 4.14. The molecule has 1 heterocycles. The minimum Gasteiger partial charge on any atom is -0.383 e. The quantitative estimate of drug-likeness (QED) is 0.301. The zero-order chi connectivity index (χ0) is 26.0. The van der Waals surface area contributed by atoms with Crippen LogP contribution in [0.3, 0.4) is 0 Å². The fourth-order valence-corrected chi connectivity index (χ4v) is 4.14. The number of H-pyrrole nitrogens is 1. The van der Waals surface area contributed by atoms with Crippen LogP contribution >= 0.6 is 0 Å². The van der Waals surface area contributed by atoms with E-state index in [1.165, 1.54) is 17.0 Å². The van der Waals surface area contributed by atoms with Crippen LogP contribution < -0.4 is 5.32 Å². The number of amides is 3. The summed E-state index contributed by atoms with van der Waals surface area (Å²) in [4.78, 5) is 33.0. The Labute approximate surface area is 215 Å². The predicted octanol–water partition coefficient (Wildman–Crippen LogP) is 5.06. The second kappa shape index (κ2) is 12.7. The Morgan fingerprint density at radius 3 is 2.41 bits per heavy atom. The molecule has 3 amide bonds. The maximum Gasteiger partial charge on any atom is 0.322 e. The van der Waals surface area contributed by atoms with E-state index < -0.39 is 0 Å². The van der Waals surface area contributed by atoms with Crippen LogP contribution in [0.15, 0.2) is 85.1 Å². The number of para-hydroxylation sites is 2. The highest BCUT2D eigenvalue weighted by Crippen LogP contribution is 2.19. The van der Waals surface area contributed by atoms with E-state index in [0.717, 1.165) is 22.0 Å². The topological polar surface area (TPSA) is 77.7 Å². The molecule has 0 aliphatic rings. The summed E-state index contributed by atoms with van der Waals surface area (Å²) in [5.74, 6) is -0.535. The van der Waals surface area contributed by atoms with Crippen LogP contribution in [0, 0.1) is 5.82 Å². The minimum absolute atomic E-state index is 0.114. The first kappa shape index (κ1) is 25.9. The largest absolute Gasteiger partial charge is 0.383 e. The molecule has 0 saturated carbocycles. The number of hydrogen-bond donors (Lipinski definition) is 2. The number of ether oxygens (including phenoxy) is 1. The summed E-state index contributed by atoms with van der Waals surface area (Å²) in [6.07, 6.45) is 2.59. The lowest BCUT2D eigenvalue weighted by atomic mass is 10.1. The van der Waals surface area contributed by atoms with Gasteiger partial charge < -0.3 is 24.8 Å². The molecule has 37 heavy (non-hydrogen) atoms. The molecule has 0 atom stereocenters. The number of fused-ring (bicyclic) bond motifs is 1. The molecule has 8 heteroatoms. The van der Waals surface area contributed by atoms with Crippen molar-refractivity contribution in [2.45, 2.75) is 13.0 Å². The molecule has 4 rings (SSSR count). The third kappa shape index (κ3) is 7.17. The van der Waals surface area contributed by atoms with Crippen LogP contribution in [0.4, 0.5) is 14.9 Å². The maximum absolute atomic E-state index is 13.5.